The maximum Gasteiger partial charge on any atom is 0.278 e. The monoisotopic (exact) mass is 612 g/mol. The molecule has 2 aromatic heterocycles. The largest absolute Gasteiger partial charge is 0.481 e. The molecular formula is C34H47F3N6O. The number of ether oxygens (including phenoxy) is 1. The molecule has 2 saturated heterocycles. The first-order valence-corrected chi connectivity index (χ1v) is 16.0. The van der Waals surface area contributed by atoms with Gasteiger partial charge in [0.1, 0.15) is 17.5 Å². The fourth-order valence-electron chi connectivity index (χ4n) is 6.88. The highest BCUT2D eigenvalue weighted by Crippen LogP contribution is 2.44. The molecule has 0 radical (unpaired) electrons. The highest BCUT2D eigenvalue weighted by atomic mass is 19.3. The molecule has 2 aliphatic heterocycles. The summed E-state index contributed by atoms with van der Waals surface area (Å²) in [6, 6.07) is 6.54. The predicted molar refractivity (Wildman–Crippen MR) is 169 cm³/mol. The third-order valence-corrected chi connectivity index (χ3v) is 9.66. The number of hydrogen-bond donors (Lipinski definition) is 1. The van der Waals surface area contributed by atoms with Gasteiger partial charge in [-0.2, -0.15) is 4.98 Å². The zero-order valence-electron chi connectivity index (χ0n) is 27.1. The predicted octanol–water partition coefficient (Wildman–Crippen LogP) is 7.45. The van der Waals surface area contributed by atoms with Gasteiger partial charge in [-0.05, 0) is 105 Å². The van der Waals surface area contributed by atoms with Gasteiger partial charge in [-0.25, -0.2) is 23.1 Å². The number of aromatic nitrogens is 3. The molecule has 0 unspecified atom stereocenters. The lowest BCUT2D eigenvalue weighted by Gasteiger charge is -2.38. The van der Waals surface area contributed by atoms with Crippen LogP contribution in [0.3, 0.4) is 0 Å². The Balaban J connectivity index is 1.43. The van der Waals surface area contributed by atoms with E-state index in [1.54, 1.807) is 27.0 Å². The molecule has 0 aliphatic carbocycles. The van der Waals surface area contributed by atoms with Crippen LogP contribution in [-0.2, 0) is 5.92 Å². The molecule has 1 aromatic carbocycles. The van der Waals surface area contributed by atoms with Gasteiger partial charge in [-0.15, -0.1) is 0 Å². The van der Waals surface area contributed by atoms with Crippen LogP contribution in [0.5, 0.6) is 5.88 Å². The van der Waals surface area contributed by atoms with Crippen LogP contribution < -0.4 is 10.1 Å². The Morgan fingerprint density at radius 2 is 1.52 bits per heavy atom. The number of fused-ring (bicyclic) bond motifs is 1. The van der Waals surface area contributed by atoms with Gasteiger partial charge < -0.3 is 19.9 Å². The topological polar surface area (TPSA) is 66.4 Å². The van der Waals surface area contributed by atoms with E-state index in [0.717, 1.165) is 31.5 Å². The Kier molecular flexibility index (Phi) is 9.70. The molecule has 5 rings (SSSR count). The second kappa shape index (κ2) is 13.2. The van der Waals surface area contributed by atoms with E-state index in [0.29, 0.717) is 66.6 Å². The number of pyridine rings is 1. The maximum atomic E-state index is 16.0. The third kappa shape index (κ3) is 6.52. The van der Waals surface area contributed by atoms with Crippen molar-refractivity contribution in [2.75, 3.05) is 38.6 Å². The minimum absolute atomic E-state index is 0.175. The SMILES string of the molecule is COc1nc2nc(C)nc(N[C@H](C)c3cccc(C(F)(F)C4CCN(C(C)C)CC4)c3F)c2cc1C1CCN(C(C)C)CC1. The summed E-state index contributed by atoms with van der Waals surface area (Å²) in [6.07, 6.45) is 2.64. The number of alkyl halides is 2. The number of anilines is 1. The smallest absolute Gasteiger partial charge is 0.278 e. The zero-order valence-corrected chi connectivity index (χ0v) is 27.1. The van der Waals surface area contributed by atoms with Crippen molar-refractivity contribution in [3.8, 4) is 5.88 Å². The second-order valence-electron chi connectivity index (χ2n) is 13.1. The summed E-state index contributed by atoms with van der Waals surface area (Å²) in [5.41, 5.74) is 1.12. The summed E-state index contributed by atoms with van der Waals surface area (Å²) in [4.78, 5) is 18.6. The standard InChI is InChI=1S/C34H47F3N6O/c1-20(2)42-15-11-24(12-16-42)27-19-28-31(39-23(6)40-32(28)41-33(27)44-7)38-22(5)26-9-8-10-29(30(26)35)34(36,37)25-13-17-43(18-14-25)21(3)4/h8-10,19-22,24-25H,11-18H2,1-7H3,(H,38,39,40,41)/t22-/m1/s1. The highest BCUT2D eigenvalue weighted by molar-refractivity contribution is 5.88. The lowest BCUT2D eigenvalue weighted by Crippen LogP contribution is -2.42. The van der Waals surface area contributed by atoms with Gasteiger partial charge in [0.25, 0.3) is 5.92 Å². The van der Waals surface area contributed by atoms with Crippen molar-refractivity contribution in [2.45, 2.75) is 97.2 Å². The lowest BCUT2D eigenvalue weighted by atomic mass is 9.85. The molecule has 2 aliphatic rings. The van der Waals surface area contributed by atoms with E-state index in [-0.39, 0.29) is 11.5 Å². The van der Waals surface area contributed by atoms with E-state index >= 15 is 13.2 Å². The number of nitrogens with one attached hydrogen (secondary N) is 1. The lowest BCUT2D eigenvalue weighted by molar-refractivity contribution is -0.0900. The maximum absolute atomic E-state index is 16.0. The molecule has 10 heteroatoms. The molecule has 0 bridgehead atoms. The molecule has 3 aromatic rings. The van der Waals surface area contributed by atoms with Crippen molar-refractivity contribution < 1.29 is 17.9 Å². The minimum atomic E-state index is -3.26. The Hall–Kier alpha value is -2.98. The Morgan fingerprint density at radius 1 is 0.909 bits per heavy atom. The van der Waals surface area contributed by atoms with Crippen LogP contribution in [-0.4, -0.2) is 70.1 Å². The van der Waals surface area contributed by atoms with E-state index in [2.05, 4.69) is 52.8 Å². The number of aryl methyl sites for hydroxylation is 1. The van der Waals surface area contributed by atoms with Crippen molar-refractivity contribution in [1.29, 1.82) is 0 Å². The Labute approximate surface area is 259 Å². The van der Waals surface area contributed by atoms with Crippen LogP contribution in [0.25, 0.3) is 11.0 Å². The molecule has 0 spiro atoms. The summed E-state index contributed by atoms with van der Waals surface area (Å²) in [5, 5.41) is 4.01. The number of halogens is 3. The molecule has 7 nitrogen and oxygen atoms in total. The van der Waals surface area contributed by atoms with Crippen LogP contribution in [0.1, 0.15) is 94.8 Å². The molecule has 1 atom stereocenters. The molecule has 2 fully saturated rings. The van der Waals surface area contributed by atoms with E-state index in [9.17, 15) is 0 Å². The fourth-order valence-corrected chi connectivity index (χ4v) is 6.88. The second-order valence-corrected chi connectivity index (χ2v) is 13.1. The quantitative estimate of drug-likeness (QED) is 0.269. The first kappa shape index (κ1) is 32.4. The minimum Gasteiger partial charge on any atom is -0.481 e. The molecular weight excluding hydrogens is 565 g/mol. The van der Waals surface area contributed by atoms with Gasteiger partial charge >= 0.3 is 0 Å². The molecule has 0 saturated carbocycles. The normalized spacial score (nSPS) is 18.8. The van der Waals surface area contributed by atoms with Crippen LogP contribution in [0, 0.1) is 18.7 Å². The van der Waals surface area contributed by atoms with Crippen molar-refractivity contribution in [2.24, 2.45) is 5.92 Å². The van der Waals surface area contributed by atoms with E-state index < -0.39 is 29.3 Å². The number of benzene rings is 1. The van der Waals surface area contributed by atoms with Crippen LogP contribution in [0.15, 0.2) is 24.3 Å². The number of likely N-dealkylation sites (tertiary alicyclic amines) is 2. The highest BCUT2D eigenvalue weighted by Gasteiger charge is 2.45. The molecule has 0 amide bonds. The summed E-state index contributed by atoms with van der Waals surface area (Å²) in [7, 11) is 1.62. The summed E-state index contributed by atoms with van der Waals surface area (Å²) in [6.45, 7) is 15.3. The molecule has 240 valence electrons. The van der Waals surface area contributed by atoms with E-state index in [1.165, 1.54) is 12.1 Å². The van der Waals surface area contributed by atoms with E-state index in [1.807, 2.05) is 6.07 Å². The average Bonchev–Trinajstić information content (AvgIpc) is 3.00. The molecule has 44 heavy (non-hydrogen) atoms. The number of rotatable bonds is 9. The molecule has 4 heterocycles. The summed E-state index contributed by atoms with van der Waals surface area (Å²) < 4.78 is 53.3. The van der Waals surface area contributed by atoms with E-state index in [4.69, 9.17) is 9.72 Å². The van der Waals surface area contributed by atoms with Crippen LogP contribution >= 0.6 is 0 Å². The van der Waals surface area contributed by atoms with Crippen molar-refractivity contribution >= 4 is 16.9 Å². The van der Waals surface area contributed by atoms with Crippen molar-refractivity contribution in [1.82, 2.24) is 24.8 Å². The number of piperidine rings is 2. The zero-order chi connectivity index (χ0) is 31.8. The van der Waals surface area contributed by atoms with Gasteiger partial charge in [0.2, 0.25) is 5.88 Å². The van der Waals surface area contributed by atoms with Gasteiger partial charge in [-0.1, -0.05) is 18.2 Å². The fraction of sp³-hybridized carbons (Fsp3) is 0.618. The first-order chi connectivity index (χ1) is 20.9. The third-order valence-electron chi connectivity index (χ3n) is 9.66. The van der Waals surface area contributed by atoms with Gasteiger partial charge in [-0.3, -0.25) is 0 Å². The summed E-state index contributed by atoms with van der Waals surface area (Å²) in [5.74, 6) is -3.21. The number of nitrogens with zero attached hydrogens (tertiary/aromatic N) is 5. The van der Waals surface area contributed by atoms with Crippen molar-refractivity contribution in [3.05, 3.63) is 52.6 Å². The molecule has 1 N–H and O–H groups in total. The van der Waals surface area contributed by atoms with Crippen molar-refractivity contribution in [3.63, 3.8) is 0 Å². The van der Waals surface area contributed by atoms with Crippen LogP contribution in [0.2, 0.25) is 0 Å². The average molecular weight is 613 g/mol. The summed E-state index contributed by atoms with van der Waals surface area (Å²) >= 11 is 0. The Morgan fingerprint density at radius 3 is 2.11 bits per heavy atom. The van der Waals surface area contributed by atoms with Gasteiger partial charge in [0.15, 0.2) is 5.65 Å². The Bertz CT molecular complexity index is 1450. The number of methoxy groups -OCH3 is 1. The first-order valence-electron chi connectivity index (χ1n) is 16.0. The number of hydrogen-bond acceptors (Lipinski definition) is 7. The van der Waals surface area contributed by atoms with Crippen LogP contribution in [0.4, 0.5) is 19.0 Å². The van der Waals surface area contributed by atoms with Gasteiger partial charge in [0.05, 0.1) is 24.1 Å². The van der Waals surface area contributed by atoms with Gasteiger partial charge in [0, 0.05) is 29.1 Å².